The van der Waals surface area contributed by atoms with Crippen molar-refractivity contribution in [2.24, 2.45) is 0 Å². The quantitative estimate of drug-likeness (QED) is 0.713. The molecule has 3 aromatic rings. The zero-order valence-electron chi connectivity index (χ0n) is 13.7. The van der Waals surface area contributed by atoms with Crippen LogP contribution in [0.5, 0.6) is 11.5 Å². The first kappa shape index (κ1) is 16.4. The van der Waals surface area contributed by atoms with Crippen LogP contribution in [0, 0.1) is 0 Å². The first-order chi connectivity index (χ1) is 11.8. The maximum Gasteiger partial charge on any atom is 0.161 e. The van der Waals surface area contributed by atoms with Gasteiger partial charge in [0, 0.05) is 25.5 Å². The second kappa shape index (κ2) is 7.90. The summed E-state index contributed by atoms with van der Waals surface area (Å²) in [5.41, 5.74) is 2.09. The lowest BCUT2D eigenvalue weighted by molar-refractivity contribution is 0.354. The molecule has 0 unspecified atom stereocenters. The average molecular weight is 341 g/mol. The molecular weight excluding hydrogens is 322 g/mol. The SMILES string of the molecule is COc1ccc(CNCc2ncc(-c3ccccn3)s2)cc1OC. The molecule has 5 nitrogen and oxygen atoms in total. The van der Waals surface area contributed by atoms with Gasteiger partial charge in [-0.05, 0) is 29.8 Å². The highest BCUT2D eigenvalue weighted by atomic mass is 32.1. The second-order valence-corrected chi connectivity index (χ2v) is 6.24. The molecular formula is C18H19N3O2S. The van der Waals surface area contributed by atoms with Crippen molar-refractivity contribution in [3.63, 3.8) is 0 Å². The summed E-state index contributed by atoms with van der Waals surface area (Å²) in [6, 6.07) is 11.8. The van der Waals surface area contributed by atoms with E-state index in [9.17, 15) is 0 Å². The predicted octanol–water partition coefficient (Wildman–Crippen LogP) is 3.51. The fourth-order valence-electron chi connectivity index (χ4n) is 2.32. The minimum atomic E-state index is 0.714. The molecule has 0 aliphatic rings. The van der Waals surface area contributed by atoms with Gasteiger partial charge in [-0.1, -0.05) is 12.1 Å². The van der Waals surface area contributed by atoms with E-state index in [4.69, 9.17) is 9.47 Å². The number of rotatable bonds is 7. The predicted molar refractivity (Wildman–Crippen MR) is 95.4 cm³/mol. The Labute approximate surface area is 145 Å². The van der Waals surface area contributed by atoms with Crippen LogP contribution in [0.15, 0.2) is 48.8 Å². The lowest BCUT2D eigenvalue weighted by Gasteiger charge is -2.09. The van der Waals surface area contributed by atoms with Gasteiger partial charge in [-0.2, -0.15) is 0 Å². The highest BCUT2D eigenvalue weighted by molar-refractivity contribution is 7.15. The van der Waals surface area contributed by atoms with Crippen LogP contribution >= 0.6 is 11.3 Å². The number of nitrogens with one attached hydrogen (secondary N) is 1. The van der Waals surface area contributed by atoms with Crippen LogP contribution in [0.25, 0.3) is 10.6 Å². The number of methoxy groups -OCH3 is 2. The molecule has 0 saturated carbocycles. The second-order valence-electron chi connectivity index (χ2n) is 5.13. The fraction of sp³-hybridized carbons (Fsp3) is 0.222. The Bertz CT molecular complexity index is 790. The van der Waals surface area contributed by atoms with Gasteiger partial charge in [-0.15, -0.1) is 11.3 Å². The molecule has 1 aromatic carbocycles. The molecule has 1 N–H and O–H groups in total. The number of pyridine rings is 1. The molecule has 2 aromatic heterocycles. The van der Waals surface area contributed by atoms with Crippen LogP contribution in [-0.4, -0.2) is 24.2 Å². The number of hydrogen-bond donors (Lipinski definition) is 1. The summed E-state index contributed by atoms with van der Waals surface area (Å²) in [4.78, 5) is 9.89. The van der Waals surface area contributed by atoms with Crippen molar-refractivity contribution in [3.8, 4) is 22.1 Å². The average Bonchev–Trinajstić information content (AvgIpc) is 3.11. The summed E-state index contributed by atoms with van der Waals surface area (Å²) >= 11 is 1.65. The first-order valence-electron chi connectivity index (χ1n) is 7.58. The van der Waals surface area contributed by atoms with E-state index < -0.39 is 0 Å². The van der Waals surface area contributed by atoms with Gasteiger partial charge >= 0.3 is 0 Å². The minimum absolute atomic E-state index is 0.714. The molecule has 0 fully saturated rings. The molecule has 0 aliphatic heterocycles. The third-order valence-corrected chi connectivity index (χ3v) is 4.54. The Morgan fingerprint density at radius 2 is 1.88 bits per heavy atom. The zero-order chi connectivity index (χ0) is 16.8. The molecule has 3 rings (SSSR count). The van der Waals surface area contributed by atoms with Gasteiger partial charge in [-0.3, -0.25) is 4.98 Å². The van der Waals surface area contributed by atoms with Crippen LogP contribution in [0.2, 0.25) is 0 Å². The first-order valence-corrected chi connectivity index (χ1v) is 8.39. The highest BCUT2D eigenvalue weighted by Gasteiger charge is 2.07. The fourth-order valence-corrected chi connectivity index (χ4v) is 3.19. The van der Waals surface area contributed by atoms with Crippen molar-refractivity contribution < 1.29 is 9.47 Å². The molecule has 0 radical (unpaired) electrons. The Balaban J connectivity index is 1.58. The van der Waals surface area contributed by atoms with E-state index in [2.05, 4.69) is 15.3 Å². The largest absolute Gasteiger partial charge is 0.493 e. The van der Waals surface area contributed by atoms with Gasteiger partial charge in [0.1, 0.15) is 5.01 Å². The van der Waals surface area contributed by atoms with E-state index in [0.29, 0.717) is 6.54 Å². The molecule has 2 heterocycles. The smallest absolute Gasteiger partial charge is 0.161 e. The van der Waals surface area contributed by atoms with Crippen LogP contribution < -0.4 is 14.8 Å². The summed E-state index contributed by atoms with van der Waals surface area (Å²) < 4.78 is 10.6. The molecule has 6 heteroatoms. The van der Waals surface area contributed by atoms with E-state index in [1.54, 1.807) is 31.8 Å². The van der Waals surface area contributed by atoms with Crippen molar-refractivity contribution in [1.29, 1.82) is 0 Å². The molecule has 124 valence electrons. The number of benzene rings is 1. The van der Waals surface area contributed by atoms with Crippen molar-refractivity contribution >= 4 is 11.3 Å². The van der Waals surface area contributed by atoms with Crippen LogP contribution in [0.1, 0.15) is 10.6 Å². The van der Waals surface area contributed by atoms with E-state index in [0.717, 1.165) is 39.2 Å². The highest BCUT2D eigenvalue weighted by Crippen LogP contribution is 2.27. The maximum absolute atomic E-state index is 5.32. The number of aromatic nitrogens is 2. The van der Waals surface area contributed by atoms with E-state index in [1.165, 1.54) is 0 Å². The zero-order valence-corrected chi connectivity index (χ0v) is 14.5. The third-order valence-electron chi connectivity index (χ3n) is 3.52. The van der Waals surface area contributed by atoms with Gasteiger partial charge in [0.05, 0.1) is 24.8 Å². The lowest BCUT2D eigenvalue weighted by Crippen LogP contribution is -2.12. The van der Waals surface area contributed by atoms with Gasteiger partial charge in [0.25, 0.3) is 0 Å². The van der Waals surface area contributed by atoms with Crippen molar-refractivity contribution in [1.82, 2.24) is 15.3 Å². The summed E-state index contributed by atoms with van der Waals surface area (Å²) in [6.45, 7) is 1.45. The number of nitrogens with zero attached hydrogens (tertiary/aromatic N) is 2. The maximum atomic E-state index is 5.32. The Morgan fingerprint density at radius 1 is 1.00 bits per heavy atom. The molecule has 0 amide bonds. The number of hydrogen-bond acceptors (Lipinski definition) is 6. The molecule has 0 aliphatic carbocycles. The molecule has 0 atom stereocenters. The summed E-state index contributed by atoms with van der Waals surface area (Å²) in [5, 5.41) is 4.44. The number of thiazole rings is 1. The summed E-state index contributed by atoms with van der Waals surface area (Å²) in [6.07, 6.45) is 3.67. The van der Waals surface area contributed by atoms with Crippen molar-refractivity contribution in [2.75, 3.05) is 14.2 Å². The van der Waals surface area contributed by atoms with E-state index >= 15 is 0 Å². The monoisotopic (exact) mass is 341 g/mol. The topological polar surface area (TPSA) is 56.3 Å². The summed E-state index contributed by atoms with van der Waals surface area (Å²) in [5.74, 6) is 1.48. The minimum Gasteiger partial charge on any atom is -0.493 e. The Kier molecular flexibility index (Phi) is 5.40. The Morgan fingerprint density at radius 3 is 2.62 bits per heavy atom. The molecule has 0 spiro atoms. The van der Waals surface area contributed by atoms with Gasteiger partial charge in [0.15, 0.2) is 11.5 Å². The van der Waals surface area contributed by atoms with Gasteiger partial charge in [-0.25, -0.2) is 4.98 Å². The van der Waals surface area contributed by atoms with Crippen molar-refractivity contribution in [3.05, 3.63) is 59.4 Å². The molecule has 24 heavy (non-hydrogen) atoms. The van der Waals surface area contributed by atoms with Crippen molar-refractivity contribution in [2.45, 2.75) is 13.1 Å². The van der Waals surface area contributed by atoms with Gasteiger partial charge in [0.2, 0.25) is 0 Å². The number of ether oxygens (including phenoxy) is 2. The van der Waals surface area contributed by atoms with E-state index in [-0.39, 0.29) is 0 Å². The van der Waals surface area contributed by atoms with Crippen LogP contribution in [-0.2, 0) is 13.1 Å². The lowest BCUT2D eigenvalue weighted by atomic mass is 10.2. The Hall–Kier alpha value is -2.44. The molecule has 0 bridgehead atoms. The normalized spacial score (nSPS) is 10.6. The summed E-state index contributed by atoms with van der Waals surface area (Å²) in [7, 11) is 3.28. The van der Waals surface area contributed by atoms with Crippen LogP contribution in [0.4, 0.5) is 0 Å². The molecule has 0 saturated heterocycles. The van der Waals surface area contributed by atoms with Gasteiger partial charge < -0.3 is 14.8 Å². The van der Waals surface area contributed by atoms with Crippen LogP contribution in [0.3, 0.4) is 0 Å². The van der Waals surface area contributed by atoms with E-state index in [1.807, 2.05) is 42.6 Å². The third kappa shape index (κ3) is 3.90. The standard InChI is InChI=1S/C18H19N3O2S/c1-22-15-7-6-13(9-16(15)23-2)10-19-12-18-21-11-17(24-18)14-5-3-4-8-20-14/h3-9,11,19H,10,12H2,1-2H3.